The van der Waals surface area contributed by atoms with Gasteiger partial charge in [-0.25, -0.2) is 4.39 Å². The van der Waals surface area contributed by atoms with Gasteiger partial charge in [-0.2, -0.15) is 0 Å². The van der Waals surface area contributed by atoms with E-state index in [-0.39, 0.29) is 24.2 Å². The lowest BCUT2D eigenvalue weighted by Crippen LogP contribution is -2.31. The summed E-state index contributed by atoms with van der Waals surface area (Å²) in [4.78, 5) is 14.8. The van der Waals surface area contributed by atoms with Crippen molar-refractivity contribution in [3.05, 3.63) is 53.3 Å². The molecule has 0 spiro atoms. The van der Waals surface area contributed by atoms with Gasteiger partial charge in [-0.3, -0.25) is 4.79 Å². The Morgan fingerprint density at radius 1 is 1.07 bits per heavy atom. The number of ether oxygens (including phenoxy) is 3. The van der Waals surface area contributed by atoms with Crippen LogP contribution in [0.1, 0.15) is 30.0 Å². The third-order valence-corrected chi connectivity index (χ3v) is 4.91. The van der Waals surface area contributed by atoms with E-state index < -0.39 is 0 Å². The number of carbonyl (C=O) groups is 1. The summed E-state index contributed by atoms with van der Waals surface area (Å²) in [7, 11) is 4.64. The molecule has 0 saturated carbocycles. The summed E-state index contributed by atoms with van der Waals surface area (Å²) >= 11 is 0. The van der Waals surface area contributed by atoms with Crippen molar-refractivity contribution in [2.45, 2.75) is 25.3 Å². The number of methoxy groups -OCH3 is 3. The summed E-state index contributed by atoms with van der Waals surface area (Å²) in [5.41, 5.74) is 1.76. The van der Waals surface area contributed by atoms with E-state index in [1.807, 2.05) is 4.90 Å². The van der Waals surface area contributed by atoms with E-state index in [0.717, 1.165) is 24.0 Å². The average molecular weight is 373 g/mol. The summed E-state index contributed by atoms with van der Waals surface area (Å²) in [6, 6.07) is 9.96. The fourth-order valence-corrected chi connectivity index (χ4v) is 3.61. The lowest BCUT2D eigenvalue weighted by molar-refractivity contribution is -0.131. The molecule has 1 atom stereocenters. The summed E-state index contributed by atoms with van der Waals surface area (Å²) in [6.45, 7) is 0.700. The summed E-state index contributed by atoms with van der Waals surface area (Å²) in [5.74, 6) is 1.30. The molecular formula is C21H24FNO4. The summed E-state index contributed by atoms with van der Waals surface area (Å²) < 4.78 is 29.3. The van der Waals surface area contributed by atoms with Crippen LogP contribution >= 0.6 is 0 Å². The van der Waals surface area contributed by atoms with Crippen molar-refractivity contribution in [3.8, 4) is 17.2 Å². The van der Waals surface area contributed by atoms with Crippen LogP contribution in [-0.2, 0) is 11.2 Å². The molecular weight excluding hydrogens is 349 g/mol. The second-order valence-electron chi connectivity index (χ2n) is 6.51. The molecule has 1 aliphatic heterocycles. The van der Waals surface area contributed by atoms with Crippen molar-refractivity contribution < 1.29 is 23.4 Å². The SMILES string of the molecule is COc1cc(CC(=O)N2CCC[C@@H]2c2ccc(F)cc2)cc(OC)c1OC. The zero-order valence-corrected chi connectivity index (χ0v) is 15.8. The maximum absolute atomic E-state index is 13.2. The maximum Gasteiger partial charge on any atom is 0.227 e. The molecule has 27 heavy (non-hydrogen) atoms. The second-order valence-corrected chi connectivity index (χ2v) is 6.51. The molecule has 1 saturated heterocycles. The van der Waals surface area contributed by atoms with Crippen molar-refractivity contribution in [2.75, 3.05) is 27.9 Å². The molecule has 0 aliphatic carbocycles. The monoisotopic (exact) mass is 373 g/mol. The van der Waals surface area contributed by atoms with Gasteiger partial charge in [0, 0.05) is 6.54 Å². The van der Waals surface area contributed by atoms with E-state index in [1.165, 1.54) is 12.1 Å². The number of carbonyl (C=O) groups excluding carboxylic acids is 1. The molecule has 1 aliphatic rings. The highest BCUT2D eigenvalue weighted by atomic mass is 19.1. The first-order valence-electron chi connectivity index (χ1n) is 8.91. The van der Waals surface area contributed by atoms with E-state index in [0.29, 0.717) is 23.8 Å². The van der Waals surface area contributed by atoms with Crippen LogP contribution in [0.5, 0.6) is 17.2 Å². The van der Waals surface area contributed by atoms with Crippen LogP contribution in [0.3, 0.4) is 0 Å². The number of hydrogen-bond acceptors (Lipinski definition) is 4. The fourth-order valence-electron chi connectivity index (χ4n) is 3.61. The third-order valence-electron chi connectivity index (χ3n) is 4.91. The molecule has 3 rings (SSSR count). The Bertz CT molecular complexity index is 781. The van der Waals surface area contributed by atoms with E-state index in [2.05, 4.69) is 0 Å². The van der Waals surface area contributed by atoms with Crippen molar-refractivity contribution in [3.63, 3.8) is 0 Å². The van der Waals surface area contributed by atoms with Crippen LogP contribution in [0, 0.1) is 5.82 Å². The minimum atomic E-state index is -0.271. The van der Waals surface area contributed by atoms with Crippen LogP contribution in [0.25, 0.3) is 0 Å². The highest BCUT2D eigenvalue weighted by molar-refractivity contribution is 5.80. The Balaban J connectivity index is 1.81. The number of benzene rings is 2. The molecule has 6 heteroatoms. The first kappa shape index (κ1) is 19.0. The third kappa shape index (κ3) is 3.99. The van der Waals surface area contributed by atoms with Crippen LogP contribution in [0.2, 0.25) is 0 Å². The number of hydrogen-bond donors (Lipinski definition) is 0. The quantitative estimate of drug-likeness (QED) is 0.774. The van der Waals surface area contributed by atoms with Gasteiger partial charge in [0.15, 0.2) is 11.5 Å². The zero-order chi connectivity index (χ0) is 19.4. The van der Waals surface area contributed by atoms with Crippen LogP contribution in [-0.4, -0.2) is 38.7 Å². The van der Waals surface area contributed by atoms with Crippen molar-refractivity contribution in [1.29, 1.82) is 0 Å². The van der Waals surface area contributed by atoms with Gasteiger partial charge < -0.3 is 19.1 Å². The highest BCUT2D eigenvalue weighted by Crippen LogP contribution is 2.39. The molecule has 0 N–H and O–H groups in total. The molecule has 144 valence electrons. The van der Waals surface area contributed by atoms with E-state index in [4.69, 9.17) is 14.2 Å². The second kappa shape index (κ2) is 8.29. The first-order valence-corrected chi connectivity index (χ1v) is 8.91. The normalized spacial score (nSPS) is 16.3. The topological polar surface area (TPSA) is 48.0 Å². The lowest BCUT2D eigenvalue weighted by Gasteiger charge is -2.25. The minimum Gasteiger partial charge on any atom is -0.493 e. The lowest BCUT2D eigenvalue weighted by atomic mass is 10.0. The largest absolute Gasteiger partial charge is 0.493 e. The van der Waals surface area contributed by atoms with Gasteiger partial charge in [-0.1, -0.05) is 12.1 Å². The Morgan fingerprint density at radius 3 is 2.26 bits per heavy atom. The predicted octanol–water partition coefficient (Wildman–Crippen LogP) is 3.76. The Labute approximate surface area is 158 Å². The van der Waals surface area contributed by atoms with Gasteiger partial charge in [0.05, 0.1) is 33.8 Å². The molecule has 0 radical (unpaired) electrons. The molecule has 5 nitrogen and oxygen atoms in total. The van der Waals surface area contributed by atoms with Gasteiger partial charge in [0.25, 0.3) is 0 Å². The van der Waals surface area contributed by atoms with Gasteiger partial charge in [-0.15, -0.1) is 0 Å². The molecule has 1 heterocycles. The first-order chi connectivity index (χ1) is 13.1. The molecule has 2 aromatic rings. The molecule has 1 amide bonds. The van der Waals surface area contributed by atoms with Crippen LogP contribution < -0.4 is 14.2 Å². The van der Waals surface area contributed by atoms with E-state index >= 15 is 0 Å². The number of rotatable bonds is 6. The summed E-state index contributed by atoms with van der Waals surface area (Å²) in [6.07, 6.45) is 2.05. The number of likely N-dealkylation sites (tertiary alicyclic amines) is 1. The minimum absolute atomic E-state index is 0.0138. The number of amides is 1. The van der Waals surface area contributed by atoms with Gasteiger partial charge >= 0.3 is 0 Å². The fraction of sp³-hybridized carbons (Fsp3) is 0.381. The average Bonchev–Trinajstić information content (AvgIpc) is 3.17. The smallest absolute Gasteiger partial charge is 0.227 e. The predicted molar refractivity (Wildman–Crippen MR) is 99.9 cm³/mol. The van der Waals surface area contributed by atoms with E-state index in [1.54, 1.807) is 45.6 Å². The highest BCUT2D eigenvalue weighted by Gasteiger charge is 2.30. The molecule has 0 aromatic heterocycles. The Morgan fingerprint density at radius 2 is 1.70 bits per heavy atom. The molecule has 1 fully saturated rings. The van der Waals surface area contributed by atoms with Crippen LogP contribution in [0.4, 0.5) is 4.39 Å². The van der Waals surface area contributed by atoms with Gasteiger partial charge in [0.2, 0.25) is 11.7 Å². The summed E-state index contributed by atoms with van der Waals surface area (Å²) in [5, 5.41) is 0. The number of nitrogens with zero attached hydrogens (tertiary/aromatic N) is 1. The van der Waals surface area contributed by atoms with Crippen molar-refractivity contribution in [1.82, 2.24) is 4.90 Å². The van der Waals surface area contributed by atoms with E-state index in [9.17, 15) is 9.18 Å². The Hall–Kier alpha value is -2.76. The molecule has 0 unspecified atom stereocenters. The van der Waals surface area contributed by atoms with Gasteiger partial charge in [-0.05, 0) is 48.2 Å². The molecule has 0 bridgehead atoms. The Kier molecular flexibility index (Phi) is 5.84. The maximum atomic E-state index is 13.2. The van der Waals surface area contributed by atoms with Crippen LogP contribution in [0.15, 0.2) is 36.4 Å². The zero-order valence-electron chi connectivity index (χ0n) is 15.8. The molecule has 2 aromatic carbocycles. The number of halogens is 1. The van der Waals surface area contributed by atoms with Crippen molar-refractivity contribution >= 4 is 5.91 Å². The van der Waals surface area contributed by atoms with Crippen molar-refractivity contribution in [2.24, 2.45) is 0 Å². The standard InChI is InChI=1S/C21H24FNO4/c1-25-18-11-14(12-19(26-2)21(18)27-3)13-20(24)23-10-4-5-17(23)15-6-8-16(22)9-7-15/h6-9,11-12,17H,4-5,10,13H2,1-3H3/t17-/m1/s1. The van der Waals surface area contributed by atoms with Gasteiger partial charge in [0.1, 0.15) is 5.82 Å².